The van der Waals surface area contributed by atoms with Crippen molar-refractivity contribution in [1.29, 1.82) is 0 Å². The monoisotopic (exact) mass is 746 g/mol. The Balaban J connectivity index is 1.13. The van der Waals surface area contributed by atoms with Crippen molar-refractivity contribution in [2.75, 3.05) is 10.6 Å². The molecule has 1 unspecified atom stereocenters. The van der Waals surface area contributed by atoms with Gasteiger partial charge >= 0.3 is 0 Å². The fraction of sp³-hybridized carbons (Fsp3) is 0.0769. The zero-order valence-electron chi connectivity index (χ0n) is 26.4. The van der Waals surface area contributed by atoms with Crippen LogP contribution in [0.5, 0.6) is 0 Å². The van der Waals surface area contributed by atoms with Gasteiger partial charge in [-0.3, -0.25) is 14.4 Å². The smallest absolute Gasteiger partial charge is 0.272 e. The van der Waals surface area contributed by atoms with E-state index in [9.17, 15) is 14.4 Å². The molecule has 6 aromatic rings. The fourth-order valence-corrected chi connectivity index (χ4v) is 7.19. The molecule has 0 saturated carbocycles. The summed E-state index contributed by atoms with van der Waals surface area (Å²) in [6, 6.07) is 37.8. The van der Waals surface area contributed by atoms with Gasteiger partial charge in [-0.05, 0) is 77.4 Å². The van der Waals surface area contributed by atoms with Gasteiger partial charge < -0.3 is 16.0 Å². The second kappa shape index (κ2) is 15.9. The van der Waals surface area contributed by atoms with Gasteiger partial charge in [0, 0.05) is 31.6 Å². The first-order valence-corrected chi connectivity index (χ1v) is 18.1. The van der Waals surface area contributed by atoms with E-state index in [1.165, 1.54) is 23.1 Å². The normalized spacial score (nSPS) is 11.9. The summed E-state index contributed by atoms with van der Waals surface area (Å²) in [7, 11) is 0. The molecule has 7 nitrogen and oxygen atoms in total. The highest BCUT2D eigenvalue weighted by atomic mass is 79.9. The van der Waals surface area contributed by atoms with Crippen LogP contribution in [0, 0.1) is 0 Å². The zero-order chi connectivity index (χ0) is 34.2. The number of hydrogen-bond donors (Lipinski definition) is 3. The van der Waals surface area contributed by atoms with E-state index in [4.69, 9.17) is 0 Å². The number of aromatic nitrogens is 1. The summed E-state index contributed by atoms with van der Waals surface area (Å²) >= 11 is 6.26. The van der Waals surface area contributed by atoms with Crippen LogP contribution in [-0.4, -0.2) is 28.0 Å². The minimum atomic E-state index is -0.484. The fourth-order valence-electron chi connectivity index (χ4n) is 5.04. The number of hydrogen-bond acceptors (Lipinski definition) is 6. The Hall–Kier alpha value is -5.03. The van der Waals surface area contributed by atoms with E-state index >= 15 is 0 Å². The number of anilines is 2. The SMILES string of the molecule is CCC(Sc1cccc(NC(=O)/C(=C\c2cccc(Br)c2)NC(=O)c2ccccc2)c1)C(=O)Nc1nc(-c2ccc3ccccc3c2)cs1. The number of fused-ring (bicyclic) bond motifs is 1. The number of nitrogens with one attached hydrogen (secondary N) is 3. The van der Waals surface area contributed by atoms with Crippen molar-refractivity contribution in [1.82, 2.24) is 10.3 Å². The first kappa shape index (κ1) is 33.9. The molecule has 49 heavy (non-hydrogen) atoms. The van der Waals surface area contributed by atoms with Crippen LogP contribution in [0.2, 0.25) is 0 Å². The second-order valence-electron chi connectivity index (χ2n) is 11.0. The molecule has 3 amide bonds. The summed E-state index contributed by atoms with van der Waals surface area (Å²) < 4.78 is 0.842. The Bertz CT molecular complexity index is 2170. The first-order chi connectivity index (χ1) is 23.8. The number of benzene rings is 5. The van der Waals surface area contributed by atoms with Crippen molar-refractivity contribution >= 4 is 84.4 Å². The molecule has 6 rings (SSSR count). The van der Waals surface area contributed by atoms with Crippen LogP contribution < -0.4 is 16.0 Å². The van der Waals surface area contributed by atoms with Crippen LogP contribution in [-0.2, 0) is 9.59 Å². The molecule has 3 N–H and O–H groups in total. The van der Waals surface area contributed by atoms with Crippen LogP contribution >= 0.6 is 39.0 Å². The molecule has 0 saturated heterocycles. The van der Waals surface area contributed by atoms with Gasteiger partial charge in [0.1, 0.15) is 5.70 Å². The second-order valence-corrected chi connectivity index (χ2v) is 14.1. The number of halogens is 1. The summed E-state index contributed by atoms with van der Waals surface area (Å²) in [6.07, 6.45) is 2.21. The maximum Gasteiger partial charge on any atom is 0.272 e. The molecule has 0 spiro atoms. The molecule has 1 heterocycles. The van der Waals surface area contributed by atoms with Gasteiger partial charge in [0.25, 0.3) is 11.8 Å². The number of thiazole rings is 1. The summed E-state index contributed by atoms with van der Waals surface area (Å²) in [5, 5.41) is 13.0. The van der Waals surface area contributed by atoms with E-state index in [1.807, 2.05) is 79.0 Å². The third kappa shape index (κ3) is 8.91. The third-order valence-electron chi connectivity index (χ3n) is 7.50. The molecule has 5 aromatic carbocycles. The lowest BCUT2D eigenvalue weighted by atomic mass is 10.1. The van der Waals surface area contributed by atoms with Gasteiger partial charge in [0.05, 0.1) is 10.9 Å². The Kier molecular flexibility index (Phi) is 11.0. The average Bonchev–Trinajstić information content (AvgIpc) is 3.59. The summed E-state index contributed by atoms with van der Waals surface area (Å²) in [5.41, 5.74) is 3.58. The van der Waals surface area contributed by atoms with Crippen molar-refractivity contribution < 1.29 is 14.4 Å². The van der Waals surface area contributed by atoms with E-state index < -0.39 is 17.1 Å². The number of thioether (sulfide) groups is 1. The number of amides is 3. The van der Waals surface area contributed by atoms with Gasteiger partial charge in [-0.2, -0.15) is 0 Å². The quantitative estimate of drug-likeness (QED) is 0.0906. The van der Waals surface area contributed by atoms with Gasteiger partial charge in [-0.1, -0.05) is 95.7 Å². The molecule has 0 aliphatic heterocycles. The van der Waals surface area contributed by atoms with Crippen LogP contribution in [0.3, 0.4) is 0 Å². The van der Waals surface area contributed by atoms with Crippen molar-refractivity contribution in [2.45, 2.75) is 23.5 Å². The number of carbonyl (C=O) groups is 3. The van der Waals surface area contributed by atoms with Crippen LogP contribution in [0.4, 0.5) is 10.8 Å². The maximum absolute atomic E-state index is 13.6. The lowest BCUT2D eigenvalue weighted by Gasteiger charge is -2.15. The molecular formula is C39H31BrN4O3S2. The van der Waals surface area contributed by atoms with Crippen molar-refractivity contribution in [3.8, 4) is 11.3 Å². The maximum atomic E-state index is 13.6. The lowest BCUT2D eigenvalue weighted by Crippen LogP contribution is -2.30. The molecule has 0 aliphatic carbocycles. The molecule has 10 heteroatoms. The number of rotatable bonds is 11. The topological polar surface area (TPSA) is 100 Å². The predicted octanol–water partition coefficient (Wildman–Crippen LogP) is 9.64. The van der Waals surface area contributed by atoms with Crippen molar-refractivity contribution in [3.63, 3.8) is 0 Å². The van der Waals surface area contributed by atoms with Gasteiger partial charge in [0.15, 0.2) is 5.13 Å². The molecule has 0 aliphatic rings. The van der Waals surface area contributed by atoms with Gasteiger partial charge in [0.2, 0.25) is 5.91 Å². The standard InChI is InChI=1S/C39H31BrN4O3S2/c1-2-35(38(47)44-39-43-34(24-48-39)29-19-18-26-11-6-7-14-28(26)22-29)49-32-17-9-16-31(23-32)41-37(46)33(21-25-10-8-15-30(40)20-25)42-36(45)27-12-4-3-5-13-27/h3-24,35H,2H2,1H3,(H,41,46)(H,42,45)(H,43,44,47)/b33-21+. The Labute approximate surface area is 301 Å². The van der Waals surface area contributed by atoms with E-state index in [-0.39, 0.29) is 11.6 Å². The van der Waals surface area contributed by atoms with E-state index in [2.05, 4.69) is 61.1 Å². The molecule has 0 bridgehead atoms. The summed E-state index contributed by atoms with van der Waals surface area (Å²) in [6.45, 7) is 1.96. The zero-order valence-corrected chi connectivity index (χ0v) is 29.6. The minimum Gasteiger partial charge on any atom is -0.321 e. The van der Waals surface area contributed by atoms with E-state index in [0.717, 1.165) is 37.0 Å². The number of carbonyl (C=O) groups excluding carboxylic acids is 3. The molecular weight excluding hydrogens is 716 g/mol. The lowest BCUT2D eigenvalue weighted by molar-refractivity contribution is -0.116. The molecule has 0 radical (unpaired) electrons. The highest BCUT2D eigenvalue weighted by molar-refractivity contribution is 9.10. The Morgan fingerprint density at radius 2 is 1.61 bits per heavy atom. The first-order valence-electron chi connectivity index (χ1n) is 15.5. The van der Waals surface area contributed by atoms with E-state index in [0.29, 0.717) is 22.8 Å². The van der Waals surface area contributed by atoms with Crippen LogP contribution in [0.15, 0.2) is 142 Å². The van der Waals surface area contributed by atoms with Crippen molar-refractivity contribution in [2.24, 2.45) is 0 Å². The summed E-state index contributed by atoms with van der Waals surface area (Å²) in [5.74, 6) is -1.03. The largest absolute Gasteiger partial charge is 0.321 e. The van der Waals surface area contributed by atoms with E-state index in [1.54, 1.807) is 36.4 Å². The molecule has 0 fully saturated rings. The highest BCUT2D eigenvalue weighted by Crippen LogP contribution is 2.31. The average molecular weight is 748 g/mol. The molecule has 1 aromatic heterocycles. The van der Waals surface area contributed by atoms with Gasteiger partial charge in [-0.25, -0.2) is 4.98 Å². The number of nitrogens with zero attached hydrogens (tertiary/aromatic N) is 1. The van der Waals surface area contributed by atoms with Crippen molar-refractivity contribution in [3.05, 3.63) is 148 Å². The van der Waals surface area contributed by atoms with Crippen LogP contribution in [0.25, 0.3) is 28.1 Å². The summed E-state index contributed by atoms with van der Waals surface area (Å²) in [4.78, 5) is 45.4. The van der Waals surface area contributed by atoms with Crippen LogP contribution in [0.1, 0.15) is 29.3 Å². The molecule has 1 atom stereocenters. The Morgan fingerprint density at radius 1 is 0.837 bits per heavy atom. The predicted molar refractivity (Wildman–Crippen MR) is 205 cm³/mol. The molecule has 244 valence electrons. The minimum absolute atomic E-state index is 0.0855. The van der Waals surface area contributed by atoms with Gasteiger partial charge in [-0.15, -0.1) is 23.1 Å². The Morgan fingerprint density at radius 3 is 2.41 bits per heavy atom. The highest BCUT2D eigenvalue weighted by Gasteiger charge is 2.21. The third-order valence-corrected chi connectivity index (χ3v) is 10.1.